The van der Waals surface area contributed by atoms with Gasteiger partial charge in [-0.15, -0.1) is 6.58 Å². The molecule has 0 aromatic heterocycles. The van der Waals surface area contributed by atoms with Crippen LogP contribution in [0.3, 0.4) is 0 Å². The first-order valence-corrected chi connectivity index (χ1v) is 9.46. The Balaban J connectivity index is 1.97. The van der Waals surface area contributed by atoms with E-state index in [1.165, 1.54) is 4.90 Å². The predicted octanol–water partition coefficient (Wildman–Crippen LogP) is 5.43. The molecule has 4 nitrogen and oxygen atoms in total. The van der Waals surface area contributed by atoms with E-state index in [-0.39, 0.29) is 11.1 Å². The van der Waals surface area contributed by atoms with Crippen LogP contribution in [-0.4, -0.2) is 18.3 Å². The maximum absolute atomic E-state index is 12.7. The van der Waals surface area contributed by atoms with E-state index in [4.69, 9.17) is 4.74 Å². The van der Waals surface area contributed by atoms with E-state index in [2.05, 4.69) is 22.5 Å². The number of anilines is 1. The third kappa shape index (κ3) is 3.61. The van der Waals surface area contributed by atoms with E-state index in [0.717, 1.165) is 33.1 Å². The van der Waals surface area contributed by atoms with E-state index in [9.17, 15) is 9.59 Å². The maximum atomic E-state index is 12.7. The summed E-state index contributed by atoms with van der Waals surface area (Å²) in [5.74, 6) is 0.419. The number of allylic oxidation sites excluding steroid dienone is 1. The molecular weight excluding hydrogens is 414 g/mol. The molecular formula is C20H16BrNO3S. The van der Waals surface area contributed by atoms with Gasteiger partial charge in [0.25, 0.3) is 11.1 Å². The largest absolute Gasteiger partial charge is 0.495 e. The molecule has 2 aromatic rings. The maximum Gasteiger partial charge on any atom is 0.298 e. The molecule has 0 radical (unpaired) electrons. The van der Waals surface area contributed by atoms with Gasteiger partial charge in [-0.2, -0.15) is 0 Å². The van der Waals surface area contributed by atoms with Gasteiger partial charge in [-0.1, -0.05) is 24.3 Å². The fourth-order valence-corrected chi connectivity index (χ4v) is 4.23. The molecule has 3 rings (SSSR count). The fourth-order valence-electron chi connectivity index (χ4n) is 2.71. The SMILES string of the molecule is C=CCc1cc(/C=C2\SC(=O)N(c3ccccc3)C2=O)cc(Br)c1OC. The molecule has 6 heteroatoms. The Hall–Kier alpha value is -2.31. The molecule has 0 saturated carbocycles. The minimum absolute atomic E-state index is 0.300. The van der Waals surface area contributed by atoms with Gasteiger partial charge in [0.05, 0.1) is 22.2 Å². The normalized spacial score (nSPS) is 15.6. The number of benzene rings is 2. The monoisotopic (exact) mass is 429 g/mol. The highest BCUT2D eigenvalue weighted by molar-refractivity contribution is 9.10. The zero-order valence-electron chi connectivity index (χ0n) is 14.1. The number of hydrogen-bond acceptors (Lipinski definition) is 4. The number of para-hydroxylation sites is 1. The molecule has 2 aromatic carbocycles. The number of hydrogen-bond donors (Lipinski definition) is 0. The summed E-state index contributed by atoms with van der Waals surface area (Å²) in [7, 11) is 1.61. The van der Waals surface area contributed by atoms with Crippen molar-refractivity contribution in [1.29, 1.82) is 0 Å². The van der Waals surface area contributed by atoms with Gasteiger partial charge in [0.15, 0.2) is 0 Å². The second-order valence-electron chi connectivity index (χ2n) is 5.54. The van der Waals surface area contributed by atoms with Crippen LogP contribution in [0.4, 0.5) is 10.5 Å². The molecule has 1 aliphatic rings. The van der Waals surface area contributed by atoms with Crippen LogP contribution in [0.5, 0.6) is 5.75 Å². The van der Waals surface area contributed by atoms with Gasteiger partial charge in [0.2, 0.25) is 0 Å². The Labute approximate surface area is 164 Å². The summed E-state index contributed by atoms with van der Waals surface area (Å²) in [5, 5.41) is -0.300. The fraction of sp³-hybridized carbons (Fsp3) is 0.100. The van der Waals surface area contributed by atoms with Crippen molar-refractivity contribution < 1.29 is 14.3 Å². The number of carbonyl (C=O) groups is 2. The predicted molar refractivity (Wildman–Crippen MR) is 109 cm³/mol. The van der Waals surface area contributed by atoms with E-state index < -0.39 is 0 Å². The lowest BCUT2D eigenvalue weighted by atomic mass is 10.1. The smallest absolute Gasteiger partial charge is 0.298 e. The van der Waals surface area contributed by atoms with Crippen LogP contribution in [0.15, 0.2) is 64.5 Å². The molecule has 0 spiro atoms. The third-order valence-corrected chi connectivity index (χ3v) is 5.28. The van der Waals surface area contributed by atoms with Crippen molar-refractivity contribution in [3.8, 4) is 5.75 Å². The van der Waals surface area contributed by atoms with Crippen LogP contribution >= 0.6 is 27.7 Å². The number of halogens is 1. The van der Waals surface area contributed by atoms with E-state index in [0.29, 0.717) is 17.0 Å². The van der Waals surface area contributed by atoms with Gasteiger partial charge < -0.3 is 4.74 Å². The molecule has 0 aliphatic carbocycles. The summed E-state index contributed by atoms with van der Waals surface area (Å²) >= 11 is 4.43. The summed E-state index contributed by atoms with van der Waals surface area (Å²) in [5.41, 5.74) is 2.33. The van der Waals surface area contributed by atoms with Gasteiger partial charge in [0.1, 0.15) is 5.75 Å². The summed E-state index contributed by atoms with van der Waals surface area (Å²) in [6.45, 7) is 3.76. The van der Waals surface area contributed by atoms with E-state index in [1.54, 1.807) is 43.5 Å². The van der Waals surface area contributed by atoms with Crippen molar-refractivity contribution in [2.24, 2.45) is 0 Å². The molecule has 0 N–H and O–H groups in total. The summed E-state index contributed by atoms with van der Waals surface area (Å²) < 4.78 is 6.20. The number of methoxy groups -OCH3 is 1. The molecule has 26 heavy (non-hydrogen) atoms. The van der Waals surface area contributed by atoms with Gasteiger partial charge >= 0.3 is 0 Å². The molecule has 1 heterocycles. The van der Waals surface area contributed by atoms with Crippen molar-refractivity contribution in [2.45, 2.75) is 6.42 Å². The van der Waals surface area contributed by atoms with Crippen molar-refractivity contribution in [3.63, 3.8) is 0 Å². The first-order valence-electron chi connectivity index (χ1n) is 7.85. The molecule has 2 amide bonds. The lowest BCUT2D eigenvalue weighted by Crippen LogP contribution is -2.27. The van der Waals surface area contributed by atoms with Crippen LogP contribution in [0.25, 0.3) is 6.08 Å². The Kier molecular flexibility index (Phi) is 5.64. The lowest BCUT2D eigenvalue weighted by Gasteiger charge is -2.12. The van der Waals surface area contributed by atoms with Crippen LogP contribution in [0, 0.1) is 0 Å². The molecule has 0 bridgehead atoms. The van der Waals surface area contributed by atoms with Gasteiger partial charge in [-0.05, 0) is 75.6 Å². The number of amides is 2. The van der Waals surface area contributed by atoms with Crippen molar-refractivity contribution in [2.75, 3.05) is 12.0 Å². The first-order chi connectivity index (χ1) is 12.5. The number of carbonyl (C=O) groups excluding carboxylic acids is 2. The van der Waals surface area contributed by atoms with Crippen LogP contribution < -0.4 is 9.64 Å². The Morgan fingerprint density at radius 2 is 1.96 bits per heavy atom. The highest BCUT2D eigenvalue weighted by atomic mass is 79.9. The minimum Gasteiger partial charge on any atom is -0.495 e. The Morgan fingerprint density at radius 3 is 2.62 bits per heavy atom. The van der Waals surface area contributed by atoms with Crippen LogP contribution in [0.1, 0.15) is 11.1 Å². The Morgan fingerprint density at radius 1 is 1.23 bits per heavy atom. The van der Waals surface area contributed by atoms with Gasteiger partial charge in [-0.25, -0.2) is 4.90 Å². The van der Waals surface area contributed by atoms with Crippen LogP contribution in [-0.2, 0) is 11.2 Å². The van der Waals surface area contributed by atoms with Gasteiger partial charge in [-0.3, -0.25) is 9.59 Å². The highest BCUT2D eigenvalue weighted by Crippen LogP contribution is 2.37. The van der Waals surface area contributed by atoms with Crippen LogP contribution in [0.2, 0.25) is 0 Å². The summed E-state index contributed by atoms with van der Waals surface area (Å²) in [6, 6.07) is 12.7. The molecule has 0 unspecified atom stereocenters. The quantitative estimate of drug-likeness (QED) is 0.469. The highest BCUT2D eigenvalue weighted by Gasteiger charge is 2.36. The minimum atomic E-state index is -0.316. The molecule has 1 aliphatic heterocycles. The molecule has 1 fully saturated rings. The van der Waals surface area contributed by atoms with E-state index in [1.807, 2.05) is 18.2 Å². The first kappa shape index (κ1) is 18.5. The van der Waals surface area contributed by atoms with Gasteiger partial charge in [0, 0.05) is 0 Å². The number of rotatable bonds is 5. The second-order valence-corrected chi connectivity index (χ2v) is 7.39. The Bertz CT molecular complexity index is 909. The number of thioether (sulfide) groups is 1. The third-order valence-electron chi connectivity index (χ3n) is 3.82. The average Bonchev–Trinajstić information content (AvgIpc) is 2.89. The zero-order valence-corrected chi connectivity index (χ0v) is 16.5. The standard InChI is InChI=1S/C20H16BrNO3S/c1-3-7-14-10-13(11-16(21)18(14)25-2)12-17-19(23)22(20(24)26-17)15-8-5-4-6-9-15/h3-6,8-12H,1,7H2,2H3/b17-12-. The molecule has 132 valence electrons. The number of imide groups is 1. The van der Waals surface area contributed by atoms with E-state index >= 15 is 0 Å². The average molecular weight is 430 g/mol. The molecule has 0 atom stereocenters. The van der Waals surface area contributed by atoms with Crippen molar-refractivity contribution >= 4 is 50.6 Å². The summed E-state index contributed by atoms with van der Waals surface area (Å²) in [4.78, 5) is 26.6. The number of ether oxygens (including phenoxy) is 1. The van der Waals surface area contributed by atoms with Crippen molar-refractivity contribution in [1.82, 2.24) is 0 Å². The molecule has 1 saturated heterocycles. The number of nitrogens with zero attached hydrogens (tertiary/aromatic N) is 1. The zero-order chi connectivity index (χ0) is 18.7. The topological polar surface area (TPSA) is 46.6 Å². The summed E-state index contributed by atoms with van der Waals surface area (Å²) in [6.07, 6.45) is 4.15. The lowest BCUT2D eigenvalue weighted by molar-refractivity contribution is -0.113. The van der Waals surface area contributed by atoms with Crippen molar-refractivity contribution in [3.05, 3.63) is 75.6 Å². The second kappa shape index (κ2) is 7.93.